The summed E-state index contributed by atoms with van der Waals surface area (Å²) in [6.07, 6.45) is 2.64. The molecule has 1 saturated carbocycles. The third kappa shape index (κ3) is 4.21. The highest BCUT2D eigenvalue weighted by molar-refractivity contribution is 6.14. The summed E-state index contributed by atoms with van der Waals surface area (Å²) >= 11 is 0. The second-order valence-electron chi connectivity index (χ2n) is 11.4. The number of nitrogens with zero attached hydrogens (tertiary/aromatic N) is 5. The van der Waals surface area contributed by atoms with Crippen LogP contribution in [0.4, 0.5) is 9.18 Å². The van der Waals surface area contributed by atoms with Crippen LogP contribution in [0.25, 0.3) is 44.5 Å². The highest BCUT2D eigenvalue weighted by Gasteiger charge is 2.41. The number of aromatic nitrogens is 6. The number of ether oxygens (including phenoxy) is 2. The number of fused-ring (bicyclic) bond motifs is 5. The van der Waals surface area contributed by atoms with E-state index in [2.05, 4.69) is 20.4 Å². The number of nitrogens with one attached hydrogen (secondary N) is 2. The van der Waals surface area contributed by atoms with E-state index in [1.807, 2.05) is 31.2 Å². The van der Waals surface area contributed by atoms with Gasteiger partial charge in [-0.2, -0.15) is 4.39 Å². The standard InChI is InChI=1S/C30H30FN7O5/c1-14-9-22(39)43-21-11-17(10-19(21)33-29(40)42-4)38-26-20(37(3)30(38)41)12-32-28-24(26)23(16-7-5-15(14)6-8-16)25(34-28)18-13-36(2)35-27(18)31/h5-8,12-14,17,19,21H,9-11H2,1-4H3,(H,32,34)(H,33,40)/t14-,17-,19-,21+/m0/s1. The molecule has 3 aliphatic rings. The van der Waals surface area contributed by atoms with Crippen LogP contribution in [-0.4, -0.2) is 60.2 Å². The maximum atomic E-state index is 15.2. The number of carbonyl (C=O) groups excluding carboxylic acids is 2. The van der Waals surface area contributed by atoms with Crippen molar-refractivity contribution < 1.29 is 23.5 Å². The number of hydrogen-bond acceptors (Lipinski definition) is 7. The van der Waals surface area contributed by atoms with Crippen molar-refractivity contribution in [1.82, 2.24) is 34.2 Å². The zero-order valence-electron chi connectivity index (χ0n) is 24.1. The molecule has 2 N–H and O–H groups in total. The number of pyridine rings is 1. The van der Waals surface area contributed by atoms with Crippen molar-refractivity contribution >= 4 is 34.1 Å². The summed E-state index contributed by atoms with van der Waals surface area (Å²) in [6.45, 7) is 1.95. The first-order chi connectivity index (χ1) is 20.6. The van der Waals surface area contributed by atoms with Crippen molar-refractivity contribution in [2.24, 2.45) is 14.1 Å². The van der Waals surface area contributed by atoms with E-state index in [0.29, 0.717) is 46.2 Å². The maximum Gasteiger partial charge on any atom is 0.407 e. The summed E-state index contributed by atoms with van der Waals surface area (Å²) in [7, 11) is 4.59. The van der Waals surface area contributed by atoms with Crippen molar-refractivity contribution in [3.8, 4) is 22.4 Å². The minimum absolute atomic E-state index is 0.131. The van der Waals surface area contributed by atoms with Gasteiger partial charge in [-0.3, -0.25) is 18.6 Å². The van der Waals surface area contributed by atoms with Gasteiger partial charge >= 0.3 is 17.8 Å². The van der Waals surface area contributed by atoms with Crippen LogP contribution in [0.2, 0.25) is 0 Å². The number of imidazole rings is 1. The van der Waals surface area contributed by atoms with Crippen molar-refractivity contribution in [1.29, 1.82) is 0 Å². The smallest absolute Gasteiger partial charge is 0.407 e. The molecule has 1 aliphatic carbocycles. The van der Waals surface area contributed by atoms with Crippen molar-refractivity contribution in [2.45, 2.75) is 50.3 Å². The molecule has 6 heterocycles. The number of alkyl carbamates (subject to hydrolysis) is 1. The number of hydrogen-bond donors (Lipinski definition) is 2. The van der Waals surface area contributed by atoms with Crippen molar-refractivity contribution in [3.63, 3.8) is 0 Å². The van der Waals surface area contributed by atoms with Crippen LogP contribution in [0.5, 0.6) is 0 Å². The zero-order valence-corrected chi connectivity index (χ0v) is 24.1. The predicted molar refractivity (Wildman–Crippen MR) is 155 cm³/mol. The fourth-order valence-corrected chi connectivity index (χ4v) is 6.68. The Kier molecular flexibility index (Phi) is 6.15. The number of carbonyl (C=O) groups is 2. The Morgan fingerprint density at radius 3 is 2.65 bits per heavy atom. The van der Waals surface area contributed by atoms with Crippen molar-refractivity contribution in [3.05, 3.63) is 58.7 Å². The molecular weight excluding hydrogens is 557 g/mol. The van der Waals surface area contributed by atoms with Gasteiger partial charge in [0.1, 0.15) is 11.8 Å². The molecule has 0 spiro atoms. The van der Waals surface area contributed by atoms with Crippen LogP contribution >= 0.6 is 0 Å². The summed E-state index contributed by atoms with van der Waals surface area (Å²) in [6, 6.07) is 6.73. The van der Waals surface area contributed by atoms with Crippen LogP contribution in [-0.2, 0) is 28.4 Å². The zero-order chi connectivity index (χ0) is 30.2. The normalized spacial score (nSPS) is 21.7. The maximum absolute atomic E-state index is 15.2. The molecule has 13 heteroatoms. The minimum atomic E-state index is -0.680. The number of esters is 1. The molecule has 2 aliphatic heterocycles. The van der Waals surface area contributed by atoms with Crippen LogP contribution in [0.15, 0.2) is 41.5 Å². The Bertz CT molecular complexity index is 1990. The Labute approximate surface area is 244 Å². The van der Waals surface area contributed by atoms with E-state index in [9.17, 15) is 14.4 Å². The molecule has 5 aromatic rings. The lowest BCUT2D eigenvalue weighted by molar-refractivity contribution is -0.150. The number of aromatic amines is 1. The second-order valence-corrected chi connectivity index (χ2v) is 11.4. The third-order valence-electron chi connectivity index (χ3n) is 8.78. The van der Waals surface area contributed by atoms with Gasteiger partial charge in [0.15, 0.2) is 0 Å². The fraction of sp³-hybridized carbons (Fsp3) is 0.367. The van der Waals surface area contributed by atoms with Crippen LogP contribution < -0.4 is 11.0 Å². The summed E-state index contributed by atoms with van der Waals surface area (Å²) in [5, 5.41) is 7.37. The average Bonchev–Trinajstić information content (AvgIpc) is 3.71. The molecule has 222 valence electrons. The van der Waals surface area contributed by atoms with E-state index in [-0.39, 0.29) is 23.6 Å². The number of benzene rings is 1. The molecule has 0 saturated heterocycles. The Balaban J connectivity index is 1.56. The van der Waals surface area contributed by atoms with Gasteiger partial charge in [0.2, 0.25) is 5.95 Å². The largest absolute Gasteiger partial charge is 0.460 e. The molecule has 1 amide bonds. The van der Waals surface area contributed by atoms with Crippen LogP contribution in [0, 0.1) is 5.95 Å². The monoisotopic (exact) mass is 587 g/mol. The second kappa shape index (κ2) is 9.82. The number of aryl methyl sites for hydroxylation is 2. The lowest BCUT2D eigenvalue weighted by atomic mass is 9.93. The van der Waals surface area contributed by atoms with Gasteiger partial charge in [0.05, 0.1) is 53.4 Å². The van der Waals surface area contributed by atoms with E-state index >= 15 is 4.39 Å². The quantitative estimate of drug-likeness (QED) is 0.299. The SMILES string of the molecule is COC(=O)N[C@H]1C[C@H]2C[C@H]1OC(=O)C[C@H](C)c1ccc(cc1)-c1c(-c3cn(C)nc3F)[nH]c3ncc4c(c13)n2c(=O)n4C. The number of halogens is 1. The van der Waals surface area contributed by atoms with E-state index in [0.717, 1.165) is 11.1 Å². The molecule has 8 rings (SSSR count). The van der Waals surface area contributed by atoms with E-state index in [1.165, 1.54) is 16.4 Å². The van der Waals surface area contributed by atoms with E-state index in [1.54, 1.807) is 31.1 Å². The summed E-state index contributed by atoms with van der Waals surface area (Å²) < 4.78 is 30.6. The van der Waals surface area contributed by atoms with Gasteiger partial charge < -0.3 is 19.8 Å². The van der Waals surface area contributed by atoms with Gasteiger partial charge in [-0.1, -0.05) is 31.2 Å². The molecule has 1 fully saturated rings. The summed E-state index contributed by atoms with van der Waals surface area (Å²) in [5.41, 5.74) is 4.54. The van der Waals surface area contributed by atoms with Gasteiger partial charge in [-0.25, -0.2) is 14.6 Å². The van der Waals surface area contributed by atoms with Gasteiger partial charge in [-0.05, 0) is 23.5 Å². The van der Waals surface area contributed by atoms with Crippen LogP contribution in [0.1, 0.15) is 43.7 Å². The number of amides is 1. The first-order valence-corrected chi connectivity index (χ1v) is 14.1. The third-order valence-corrected chi connectivity index (χ3v) is 8.78. The lowest BCUT2D eigenvalue weighted by Gasteiger charge is -2.21. The highest BCUT2D eigenvalue weighted by Crippen LogP contribution is 2.44. The topological polar surface area (TPSA) is 138 Å². The molecule has 4 atom stereocenters. The molecule has 4 aromatic heterocycles. The molecule has 1 aromatic carbocycles. The Hall–Kier alpha value is -4.94. The van der Waals surface area contributed by atoms with Crippen LogP contribution in [0.3, 0.4) is 0 Å². The summed E-state index contributed by atoms with van der Waals surface area (Å²) in [4.78, 5) is 47.3. The Morgan fingerprint density at radius 2 is 1.95 bits per heavy atom. The average molecular weight is 588 g/mol. The van der Waals surface area contributed by atoms with E-state index in [4.69, 9.17) is 9.47 Å². The number of rotatable bonds is 2. The minimum Gasteiger partial charge on any atom is -0.460 e. The Morgan fingerprint density at radius 1 is 1.19 bits per heavy atom. The summed E-state index contributed by atoms with van der Waals surface area (Å²) in [5.74, 6) is -1.19. The predicted octanol–water partition coefficient (Wildman–Crippen LogP) is 3.90. The molecule has 43 heavy (non-hydrogen) atoms. The molecule has 0 radical (unpaired) electrons. The number of H-pyrrole nitrogens is 1. The number of methoxy groups -OCH3 is 1. The fourth-order valence-electron chi connectivity index (χ4n) is 6.68. The van der Waals surface area contributed by atoms with Gasteiger partial charge in [0.25, 0.3) is 0 Å². The van der Waals surface area contributed by atoms with Gasteiger partial charge in [0, 0.05) is 38.3 Å². The molecule has 0 unspecified atom stereocenters. The molecular formula is C30H30FN7O5. The highest BCUT2D eigenvalue weighted by atomic mass is 19.1. The first kappa shape index (κ1) is 26.9. The molecule has 12 nitrogen and oxygen atoms in total. The first-order valence-electron chi connectivity index (χ1n) is 14.1. The lowest BCUT2D eigenvalue weighted by Crippen LogP contribution is -2.42. The van der Waals surface area contributed by atoms with Gasteiger partial charge in [-0.15, -0.1) is 5.10 Å². The van der Waals surface area contributed by atoms with Crippen molar-refractivity contribution in [2.75, 3.05) is 7.11 Å². The van der Waals surface area contributed by atoms with E-state index < -0.39 is 36.2 Å². The molecule has 4 bridgehead atoms.